The van der Waals surface area contributed by atoms with Crippen molar-refractivity contribution in [2.24, 2.45) is 0 Å². The summed E-state index contributed by atoms with van der Waals surface area (Å²) in [4.78, 5) is 28.7. The molecule has 0 radical (unpaired) electrons. The van der Waals surface area contributed by atoms with Crippen molar-refractivity contribution in [3.05, 3.63) is 95.6 Å². The van der Waals surface area contributed by atoms with Gasteiger partial charge in [0.1, 0.15) is 17.2 Å². The van der Waals surface area contributed by atoms with Crippen LogP contribution in [0.25, 0.3) is 11.1 Å². The van der Waals surface area contributed by atoms with E-state index in [1.807, 2.05) is 63.2 Å². The maximum atomic E-state index is 13.6. The van der Waals surface area contributed by atoms with Crippen LogP contribution in [0, 0.1) is 0 Å². The predicted molar refractivity (Wildman–Crippen MR) is 124 cm³/mol. The maximum absolute atomic E-state index is 13.6. The maximum Gasteiger partial charge on any atom is 0.329 e. The van der Waals surface area contributed by atoms with Gasteiger partial charge >= 0.3 is 5.97 Å². The molecule has 162 valence electrons. The Morgan fingerprint density at radius 1 is 0.875 bits per heavy atom. The van der Waals surface area contributed by atoms with Crippen molar-refractivity contribution in [3.63, 3.8) is 0 Å². The highest BCUT2D eigenvalue weighted by atomic mass is 16.6. The number of carbonyl (C=O) groups excluding carboxylic acids is 2. The van der Waals surface area contributed by atoms with Crippen LogP contribution >= 0.6 is 0 Å². The molecular formula is C28H27NO3. The van der Waals surface area contributed by atoms with Crippen LogP contribution in [-0.4, -0.2) is 28.4 Å². The van der Waals surface area contributed by atoms with E-state index in [0.717, 1.165) is 27.8 Å². The highest BCUT2D eigenvalue weighted by Gasteiger charge is 2.56. The van der Waals surface area contributed by atoms with E-state index in [2.05, 4.69) is 36.4 Å². The number of esters is 1. The molecule has 3 aromatic rings. The number of rotatable bonds is 3. The third-order valence-corrected chi connectivity index (χ3v) is 6.37. The van der Waals surface area contributed by atoms with E-state index in [4.69, 9.17) is 4.74 Å². The van der Waals surface area contributed by atoms with Crippen LogP contribution in [0.2, 0.25) is 0 Å². The molecule has 0 N–H and O–H groups in total. The third-order valence-electron chi connectivity index (χ3n) is 6.37. The van der Waals surface area contributed by atoms with Crippen molar-refractivity contribution >= 4 is 11.9 Å². The molecule has 1 saturated heterocycles. The van der Waals surface area contributed by atoms with Crippen LogP contribution in [0.3, 0.4) is 0 Å². The lowest BCUT2D eigenvalue weighted by Gasteiger charge is -2.44. The second-order valence-electron chi connectivity index (χ2n) is 9.52. The van der Waals surface area contributed by atoms with Crippen molar-refractivity contribution in [1.82, 2.24) is 4.90 Å². The summed E-state index contributed by atoms with van der Waals surface area (Å²) in [6.45, 7) is 5.58. The predicted octanol–water partition coefficient (Wildman–Crippen LogP) is 5.29. The van der Waals surface area contributed by atoms with Gasteiger partial charge in [-0.15, -0.1) is 0 Å². The lowest BCUT2D eigenvalue weighted by Crippen LogP contribution is -2.54. The van der Waals surface area contributed by atoms with Gasteiger partial charge in [-0.25, -0.2) is 4.79 Å². The molecule has 0 bridgehead atoms. The number of hydrogen-bond donors (Lipinski definition) is 0. The number of ether oxygens (including phenoxy) is 1. The summed E-state index contributed by atoms with van der Waals surface area (Å²) in [6, 6.07) is 25.8. The average molecular weight is 426 g/mol. The molecule has 0 saturated carbocycles. The van der Waals surface area contributed by atoms with E-state index in [0.29, 0.717) is 12.8 Å². The number of carbonyl (C=O) groups is 2. The van der Waals surface area contributed by atoms with E-state index in [-0.39, 0.29) is 11.9 Å². The fraction of sp³-hybridized carbons (Fsp3) is 0.286. The minimum atomic E-state index is -0.885. The lowest BCUT2D eigenvalue weighted by molar-refractivity contribution is -0.164. The standard InChI is InChI=1S/C28H27NO3/c1-27(2,3)32-26(31)24-17-18-25(30)29(24)28(19-11-5-4-6-12-19)22-15-9-7-13-20(22)21-14-8-10-16-23(21)28/h4-16,24H,17-18H2,1-3H3/t24-/m1/s1. The van der Waals surface area contributed by atoms with Crippen molar-refractivity contribution < 1.29 is 14.3 Å². The fourth-order valence-corrected chi connectivity index (χ4v) is 5.30. The number of likely N-dealkylation sites (tertiary alicyclic amines) is 1. The minimum Gasteiger partial charge on any atom is -0.458 e. The zero-order valence-electron chi connectivity index (χ0n) is 18.7. The average Bonchev–Trinajstić information content (AvgIpc) is 3.30. The molecule has 4 nitrogen and oxygen atoms in total. The van der Waals surface area contributed by atoms with Gasteiger partial charge in [-0.1, -0.05) is 78.9 Å². The molecule has 0 aromatic heterocycles. The first-order chi connectivity index (χ1) is 15.3. The summed E-state index contributed by atoms with van der Waals surface area (Å²) in [5, 5.41) is 0. The zero-order valence-corrected chi connectivity index (χ0v) is 18.7. The van der Waals surface area contributed by atoms with Crippen LogP contribution in [0.5, 0.6) is 0 Å². The third kappa shape index (κ3) is 2.97. The first kappa shape index (κ1) is 20.5. The molecule has 1 fully saturated rings. The van der Waals surface area contributed by atoms with Gasteiger partial charge in [-0.2, -0.15) is 0 Å². The van der Waals surface area contributed by atoms with E-state index < -0.39 is 17.2 Å². The number of fused-ring (bicyclic) bond motifs is 3. The topological polar surface area (TPSA) is 46.6 Å². The molecule has 0 unspecified atom stereocenters. The van der Waals surface area contributed by atoms with E-state index in [9.17, 15) is 9.59 Å². The molecule has 3 aromatic carbocycles. The second-order valence-corrected chi connectivity index (χ2v) is 9.52. The van der Waals surface area contributed by atoms with Gasteiger partial charge in [-0.3, -0.25) is 4.79 Å². The molecular weight excluding hydrogens is 398 g/mol. The van der Waals surface area contributed by atoms with Gasteiger partial charge in [0.15, 0.2) is 0 Å². The van der Waals surface area contributed by atoms with Crippen LogP contribution in [0.1, 0.15) is 50.3 Å². The first-order valence-corrected chi connectivity index (χ1v) is 11.1. The monoisotopic (exact) mass is 425 g/mol. The molecule has 1 aliphatic carbocycles. The second kappa shape index (κ2) is 7.33. The van der Waals surface area contributed by atoms with Gasteiger partial charge in [0.2, 0.25) is 5.91 Å². The molecule has 2 aliphatic rings. The lowest BCUT2D eigenvalue weighted by atomic mass is 9.78. The molecule has 1 atom stereocenters. The Hall–Kier alpha value is -3.40. The quantitative estimate of drug-likeness (QED) is 0.536. The van der Waals surface area contributed by atoms with Crippen LogP contribution in [0.4, 0.5) is 0 Å². The Morgan fingerprint density at radius 2 is 1.41 bits per heavy atom. The highest BCUT2D eigenvalue weighted by molar-refractivity contribution is 5.93. The summed E-state index contributed by atoms with van der Waals surface area (Å²) < 4.78 is 5.78. The van der Waals surface area contributed by atoms with Crippen molar-refractivity contribution in [3.8, 4) is 11.1 Å². The van der Waals surface area contributed by atoms with Crippen molar-refractivity contribution in [2.45, 2.75) is 50.8 Å². The first-order valence-electron chi connectivity index (χ1n) is 11.1. The van der Waals surface area contributed by atoms with Gasteiger partial charge in [0.25, 0.3) is 0 Å². The SMILES string of the molecule is CC(C)(C)OC(=O)[C@H]1CCC(=O)N1C1(c2ccccc2)c2ccccc2-c2ccccc21. The van der Waals surface area contributed by atoms with Crippen molar-refractivity contribution in [2.75, 3.05) is 0 Å². The zero-order chi connectivity index (χ0) is 22.5. The molecule has 1 amide bonds. The summed E-state index contributed by atoms with van der Waals surface area (Å²) in [5.41, 5.74) is 3.70. The molecule has 0 spiro atoms. The minimum absolute atomic E-state index is 0.0313. The van der Waals surface area contributed by atoms with E-state index in [1.165, 1.54) is 0 Å². The Labute approximate surface area is 188 Å². The largest absolute Gasteiger partial charge is 0.458 e. The van der Waals surface area contributed by atoms with Gasteiger partial charge in [-0.05, 0) is 55.0 Å². The number of amides is 1. The Bertz CT molecular complexity index is 1150. The smallest absolute Gasteiger partial charge is 0.329 e. The Kier molecular flexibility index (Phi) is 4.70. The summed E-state index contributed by atoms with van der Waals surface area (Å²) in [6.07, 6.45) is 0.773. The summed E-state index contributed by atoms with van der Waals surface area (Å²) in [5.74, 6) is -0.378. The molecule has 5 rings (SSSR count). The molecule has 4 heteroatoms. The van der Waals surface area contributed by atoms with E-state index in [1.54, 1.807) is 4.90 Å². The Morgan fingerprint density at radius 3 is 1.97 bits per heavy atom. The number of nitrogens with zero attached hydrogens (tertiary/aromatic N) is 1. The number of hydrogen-bond acceptors (Lipinski definition) is 3. The Balaban J connectivity index is 1.80. The van der Waals surface area contributed by atoms with Crippen LogP contribution < -0.4 is 0 Å². The molecule has 32 heavy (non-hydrogen) atoms. The van der Waals surface area contributed by atoms with Gasteiger partial charge in [0.05, 0.1) is 0 Å². The fourth-order valence-electron chi connectivity index (χ4n) is 5.30. The molecule has 1 heterocycles. The van der Waals surface area contributed by atoms with Crippen LogP contribution in [0.15, 0.2) is 78.9 Å². The number of benzene rings is 3. The highest BCUT2D eigenvalue weighted by Crippen LogP contribution is 2.56. The molecule has 1 aliphatic heterocycles. The summed E-state index contributed by atoms with van der Waals surface area (Å²) >= 11 is 0. The van der Waals surface area contributed by atoms with Gasteiger partial charge in [0, 0.05) is 6.42 Å². The van der Waals surface area contributed by atoms with Crippen molar-refractivity contribution in [1.29, 1.82) is 0 Å². The normalized spacial score (nSPS) is 18.9. The summed E-state index contributed by atoms with van der Waals surface area (Å²) in [7, 11) is 0. The van der Waals surface area contributed by atoms with Crippen LogP contribution in [-0.2, 0) is 19.9 Å². The van der Waals surface area contributed by atoms with Gasteiger partial charge < -0.3 is 9.64 Å². The van der Waals surface area contributed by atoms with E-state index >= 15 is 0 Å².